The summed E-state index contributed by atoms with van der Waals surface area (Å²) in [5, 5.41) is 3.32. The number of unbranched alkanes of at least 4 members (excludes halogenated alkanes) is 13. The van der Waals surface area contributed by atoms with Gasteiger partial charge in [0.2, 0.25) is 0 Å². The highest BCUT2D eigenvalue weighted by atomic mass is 80.0. The van der Waals surface area contributed by atoms with E-state index in [2.05, 4.69) is 60.0 Å². The van der Waals surface area contributed by atoms with Crippen LogP contribution in [0, 0.1) is 0 Å². The van der Waals surface area contributed by atoms with Gasteiger partial charge in [-0.25, -0.2) is 0 Å². The summed E-state index contributed by atoms with van der Waals surface area (Å²) in [6, 6.07) is 0. The molecule has 1 nitrogen and oxygen atoms in total. The molecule has 0 bridgehead atoms. The Balaban J connectivity index is 3.00. The van der Waals surface area contributed by atoms with Crippen molar-refractivity contribution in [1.82, 2.24) is 5.32 Å². The van der Waals surface area contributed by atoms with E-state index in [9.17, 15) is 0 Å². The second-order valence-electron chi connectivity index (χ2n) is 6.02. The first-order chi connectivity index (χ1) is 10.1. The lowest BCUT2D eigenvalue weighted by atomic mass is 10.0. The molecule has 0 aromatic rings. The minimum atomic E-state index is -0.274. The second kappa shape index (κ2) is 16.3. The van der Waals surface area contributed by atoms with Gasteiger partial charge in [-0.15, -0.1) is 0 Å². The van der Waals surface area contributed by atoms with Crippen LogP contribution in [0.5, 0.6) is 0 Å². The van der Waals surface area contributed by atoms with Gasteiger partial charge in [0, 0.05) is 0 Å². The molecule has 0 fully saturated rings. The molecule has 0 aliphatic heterocycles. The summed E-state index contributed by atoms with van der Waals surface area (Å²) < 4.78 is -0.274. The van der Waals surface area contributed by atoms with Crippen LogP contribution < -0.4 is 5.32 Å². The van der Waals surface area contributed by atoms with E-state index in [4.69, 9.17) is 0 Å². The first-order valence-corrected chi connectivity index (χ1v) is 11.3. The van der Waals surface area contributed by atoms with Gasteiger partial charge < -0.3 is 0 Å². The van der Waals surface area contributed by atoms with Crippen LogP contribution in [0.3, 0.4) is 0 Å². The predicted molar refractivity (Wildman–Crippen MR) is 108 cm³/mol. The largest absolute Gasteiger partial charge is 0.284 e. The highest BCUT2D eigenvalue weighted by molar-refractivity contribution is 9.39. The van der Waals surface area contributed by atoms with E-state index in [0.29, 0.717) is 0 Å². The number of hydrogen-bond acceptors (Lipinski definition) is 1. The normalized spacial score (nSPS) is 12.0. The number of halogens is 3. The molecule has 0 aromatic carbocycles. The summed E-state index contributed by atoms with van der Waals surface area (Å²) in [5.41, 5.74) is 0. The van der Waals surface area contributed by atoms with Crippen molar-refractivity contribution in [1.29, 1.82) is 0 Å². The summed E-state index contributed by atoms with van der Waals surface area (Å²) in [5.74, 6) is 0. The van der Waals surface area contributed by atoms with Crippen LogP contribution in [0.15, 0.2) is 0 Å². The summed E-state index contributed by atoms with van der Waals surface area (Å²) in [7, 11) is 0. The smallest absolute Gasteiger partial charge is 0.185 e. The molecule has 0 atom stereocenters. The molecule has 0 aliphatic rings. The van der Waals surface area contributed by atoms with Crippen LogP contribution >= 0.6 is 47.8 Å². The van der Waals surface area contributed by atoms with E-state index in [0.717, 1.165) is 6.54 Å². The lowest BCUT2D eigenvalue weighted by Gasteiger charge is -2.13. The van der Waals surface area contributed by atoms with Crippen LogP contribution in [-0.2, 0) is 0 Å². The molecule has 0 amide bonds. The Kier molecular flexibility index (Phi) is 17.3. The van der Waals surface area contributed by atoms with Gasteiger partial charge in [0.15, 0.2) is 2.27 Å². The monoisotopic (exact) mass is 489 g/mol. The van der Waals surface area contributed by atoms with Gasteiger partial charge in [0.05, 0.1) is 0 Å². The Hall–Kier alpha value is 1.40. The Morgan fingerprint density at radius 3 is 1.24 bits per heavy atom. The fourth-order valence-corrected chi connectivity index (χ4v) is 3.14. The average Bonchev–Trinajstić information content (AvgIpc) is 2.42. The highest BCUT2D eigenvalue weighted by Crippen LogP contribution is 2.29. The summed E-state index contributed by atoms with van der Waals surface area (Å²) in [6.07, 6.45) is 19.8. The summed E-state index contributed by atoms with van der Waals surface area (Å²) >= 11 is 10.3. The lowest BCUT2D eigenvalue weighted by Crippen LogP contribution is -2.27. The lowest BCUT2D eigenvalue weighted by molar-refractivity contribution is 0.532. The molecule has 0 unspecified atom stereocenters. The number of alkyl halides is 3. The van der Waals surface area contributed by atoms with E-state index in [1.54, 1.807) is 0 Å². The van der Waals surface area contributed by atoms with E-state index in [-0.39, 0.29) is 2.27 Å². The second-order valence-corrected chi connectivity index (χ2v) is 12.8. The van der Waals surface area contributed by atoms with Crippen molar-refractivity contribution in [2.24, 2.45) is 0 Å². The average molecular weight is 492 g/mol. The molecule has 0 heterocycles. The SMILES string of the molecule is CCCCCCCCCCCCCCCCNC(Br)(Br)Br. The van der Waals surface area contributed by atoms with Crippen molar-refractivity contribution >= 4 is 47.8 Å². The third-order valence-electron chi connectivity index (χ3n) is 3.86. The molecule has 4 heteroatoms. The molecule has 0 radical (unpaired) electrons. The van der Waals surface area contributed by atoms with E-state index >= 15 is 0 Å². The van der Waals surface area contributed by atoms with Crippen molar-refractivity contribution in [3.05, 3.63) is 0 Å². The van der Waals surface area contributed by atoms with Crippen LogP contribution in [-0.4, -0.2) is 8.81 Å². The van der Waals surface area contributed by atoms with Gasteiger partial charge in [-0.05, 0) is 60.8 Å². The number of hydrogen-bond donors (Lipinski definition) is 1. The van der Waals surface area contributed by atoms with Crippen LogP contribution in [0.4, 0.5) is 0 Å². The van der Waals surface area contributed by atoms with Gasteiger partial charge in [-0.1, -0.05) is 90.4 Å². The number of nitrogens with one attached hydrogen (secondary N) is 1. The zero-order chi connectivity index (χ0) is 15.8. The van der Waals surface area contributed by atoms with Crippen molar-refractivity contribution in [3.63, 3.8) is 0 Å². The third-order valence-corrected chi connectivity index (χ3v) is 4.70. The Labute approximate surface area is 158 Å². The molecule has 0 saturated heterocycles. The molecule has 0 spiro atoms. The van der Waals surface area contributed by atoms with Crippen molar-refractivity contribution in [3.8, 4) is 0 Å². The zero-order valence-electron chi connectivity index (χ0n) is 13.7. The van der Waals surface area contributed by atoms with Crippen molar-refractivity contribution < 1.29 is 0 Å². The van der Waals surface area contributed by atoms with Gasteiger partial charge in [-0.3, -0.25) is 5.32 Å². The fourth-order valence-electron chi connectivity index (χ4n) is 2.55. The predicted octanol–water partition coefficient (Wildman–Crippen LogP) is 7.85. The Bertz CT molecular complexity index is 205. The van der Waals surface area contributed by atoms with E-state index in [1.807, 2.05) is 0 Å². The van der Waals surface area contributed by atoms with Crippen molar-refractivity contribution in [2.45, 2.75) is 99.1 Å². The van der Waals surface area contributed by atoms with E-state index in [1.165, 1.54) is 89.9 Å². The third kappa shape index (κ3) is 21.4. The topological polar surface area (TPSA) is 12.0 Å². The van der Waals surface area contributed by atoms with Crippen LogP contribution in [0.25, 0.3) is 0 Å². The minimum Gasteiger partial charge on any atom is -0.284 e. The maximum Gasteiger partial charge on any atom is 0.185 e. The molecular formula is C17H34Br3N. The van der Waals surface area contributed by atoms with E-state index < -0.39 is 0 Å². The van der Waals surface area contributed by atoms with Gasteiger partial charge >= 0.3 is 0 Å². The molecule has 21 heavy (non-hydrogen) atoms. The molecule has 0 saturated carbocycles. The maximum absolute atomic E-state index is 3.44. The maximum atomic E-state index is 3.44. The van der Waals surface area contributed by atoms with Crippen molar-refractivity contribution in [2.75, 3.05) is 6.54 Å². The highest BCUT2D eigenvalue weighted by Gasteiger charge is 2.14. The summed E-state index contributed by atoms with van der Waals surface area (Å²) in [6.45, 7) is 3.33. The van der Waals surface area contributed by atoms with Gasteiger partial charge in [0.25, 0.3) is 0 Å². The minimum absolute atomic E-state index is 0.274. The number of rotatable bonds is 15. The molecule has 0 aromatic heterocycles. The Morgan fingerprint density at radius 1 is 0.571 bits per heavy atom. The van der Waals surface area contributed by atoms with Gasteiger partial charge in [-0.2, -0.15) is 0 Å². The molecular weight excluding hydrogens is 458 g/mol. The van der Waals surface area contributed by atoms with Crippen LogP contribution in [0.2, 0.25) is 0 Å². The molecule has 0 rings (SSSR count). The molecule has 1 N–H and O–H groups in total. The molecule has 0 aliphatic carbocycles. The zero-order valence-corrected chi connectivity index (χ0v) is 18.5. The first kappa shape index (κ1) is 22.4. The fraction of sp³-hybridized carbons (Fsp3) is 1.00. The quantitative estimate of drug-likeness (QED) is 0.140. The van der Waals surface area contributed by atoms with Gasteiger partial charge in [0.1, 0.15) is 0 Å². The standard InChI is InChI=1S/C17H34Br3N/c1-2-3-4-5-6-7-8-9-10-11-12-13-14-15-16-21-17(18,19)20/h21H,2-16H2,1H3. The first-order valence-electron chi connectivity index (χ1n) is 8.88. The Morgan fingerprint density at radius 2 is 0.905 bits per heavy atom. The van der Waals surface area contributed by atoms with Crippen LogP contribution in [0.1, 0.15) is 96.8 Å². The summed E-state index contributed by atoms with van der Waals surface area (Å²) in [4.78, 5) is 0. The molecule has 128 valence electrons.